The van der Waals surface area contributed by atoms with Crippen LogP contribution in [0.5, 0.6) is 0 Å². The molecule has 1 saturated heterocycles. The highest BCUT2D eigenvalue weighted by molar-refractivity contribution is 4.93. The van der Waals surface area contributed by atoms with E-state index < -0.39 is 6.04 Å². The molecule has 2 unspecified atom stereocenters. The highest BCUT2D eigenvalue weighted by Crippen LogP contribution is 2.16. The van der Waals surface area contributed by atoms with Crippen LogP contribution >= 0.6 is 0 Å². The number of hydrogen-bond acceptors (Lipinski definition) is 6. The summed E-state index contributed by atoms with van der Waals surface area (Å²) in [6, 6.07) is -0.587. The first-order valence-corrected chi connectivity index (χ1v) is 5.10. The number of nitrogens with zero attached hydrogens (tertiary/aromatic N) is 2. The number of aliphatic hydroxyl groups excluding tert-OH is 1. The van der Waals surface area contributed by atoms with Gasteiger partial charge in [0.25, 0.3) is 0 Å². The Hall–Kier alpha value is -0.980. The fraction of sp³-hybridized carbons (Fsp3) is 0.778. The summed E-state index contributed by atoms with van der Waals surface area (Å²) in [5, 5.41) is 12.6. The van der Waals surface area contributed by atoms with Gasteiger partial charge in [-0.15, -0.1) is 0 Å². The summed E-state index contributed by atoms with van der Waals surface area (Å²) < 4.78 is 10.4. The highest BCUT2D eigenvalue weighted by Gasteiger charge is 2.20. The largest absolute Gasteiger partial charge is 0.394 e. The van der Waals surface area contributed by atoms with E-state index in [1.165, 1.54) is 0 Å². The summed E-state index contributed by atoms with van der Waals surface area (Å²) in [5.74, 6) is 0.881. The molecule has 3 N–H and O–H groups in total. The molecule has 0 aromatic carbocycles. The van der Waals surface area contributed by atoms with Gasteiger partial charge in [-0.05, 0) is 12.8 Å². The molecular weight excluding hydrogens is 198 g/mol. The van der Waals surface area contributed by atoms with Crippen LogP contribution in [0.25, 0.3) is 0 Å². The zero-order valence-electron chi connectivity index (χ0n) is 8.43. The Morgan fingerprint density at radius 3 is 3.13 bits per heavy atom. The van der Waals surface area contributed by atoms with Crippen molar-refractivity contribution in [3.8, 4) is 0 Å². The third-order valence-electron chi connectivity index (χ3n) is 2.43. The van der Waals surface area contributed by atoms with Gasteiger partial charge in [0.15, 0.2) is 5.82 Å². The molecule has 2 atom stereocenters. The third kappa shape index (κ3) is 2.53. The van der Waals surface area contributed by atoms with E-state index in [4.69, 9.17) is 20.1 Å². The molecule has 1 aromatic rings. The maximum atomic E-state index is 8.80. The molecule has 0 saturated carbocycles. The molecule has 6 heteroatoms. The summed E-state index contributed by atoms with van der Waals surface area (Å²) in [6.45, 7) is 0.618. The van der Waals surface area contributed by atoms with Gasteiger partial charge in [-0.2, -0.15) is 4.98 Å². The lowest BCUT2D eigenvalue weighted by atomic mass is 10.2. The third-order valence-corrected chi connectivity index (χ3v) is 2.43. The number of hydrogen-bond donors (Lipinski definition) is 2. The molecule has 0 amide bonds. The zero-order valence-corrected chi connectivity index (χ0v) is 8.43. The first kappa shape index (κ1) is 10.5. The average Bonchev–Trinajstić information content (AvgIpc) is 2.88. The van der Waals surface area contributed by atoms with Crippen molar-refractivity contribution in [3.05, 3.63) is 11.7 Å². The van der Waals surface area contributed by atoms with Crippen LogP contribution < -0.4 is 5.73 Å². The maximum absolute atomic E-state index is 8.80. The van der Waals surface area contributed by atoms with Crippen LogP contribution in [-0.4, -0.2) is 34.6 Å². The van der Waals surface area contributed by atoms with Crippen LogP contribution in [0.15, 0.2) is 4.52 Å². The monoisotopic (exact) mass is 213 g/mol. The molecule has 6 nitrogen and oxygen atoms in total. The number of nitrogens with two attached hydrogens (primary N) is 1. The van der Waals surface area contributed by atoms with E-state index >= 15 is 0 Å². The zero-order chi connectivity index (χ0) is 10.7. The van der Waals surface area contributed by atoms with E-state index in [0.29, 0.717) is 12.2 Å². The van der Waals surface area contributed by atoms with Gasteiger partial charge in [-0.1, -0.05) is 5.16 Å². The second-order valence-corrected chi connectivity index (χ2v) is 3.68. The lowest BCUT2D eigenvalue weighted by Crippen LogP contribution is -2.15. The summed E-state index contributed by atoms with van der Waals surface area (Å²) in [5.41, 5.74) is 5.54. The van der Waals surface area contributed by atoms with E-state index in [0.717, 1.165) is 19.4 Å². The van der Waals surface area contributed by atoms with Crippen molar-refractivity contribution in [2.75, 3.05) is 13.2 Å². The normalized spacial score (nSPS) is 23.2. The Bertz CT molecular complexity index is 309. The minimum absolute atomic E-state index is 0.193. The van der Waals surface area contributed by atoms with E-state index in [-0.39, 0.29) is 18.6 Å². The number of aliphatic hydroxyl groups is 1. The van der Waals surface area contributed by atoms with Gasteiger partial charge in [0, 0.05) is 13.0 Å². The van der Waals surface area contributed by atoms with Crippen molar-refractivity contribution >= 4 is 0 Å². The predicted octanol–water partition coefficient (Wildman–Crippen LogP) is -0.217. The van der Waals surface area contributed by atoms with E-state index in [1.807, 2.05) is 0 Å². The summed E-state index contributed by atoms with van der Waals surface area (Å²) in [4.78, 5) is 4.10. The Morgan fingerprint density at radius 1 is 1.60 bits per heavy atom. The molecule has 1 aromatic heterocycles. The van der Waals surface area contributed by atoms with Crippen molar-refractivity contribution in [1.29, 1.82) is 0 Å². The van der Waals surface area contributed by atoms with Crippen LogP contribution in [0.1, 0.15) is 30.6 Å². The van der Waals surface area contributed by atoms with Crippen molar-refractivity contribution in [2.24, 2.45) is 5.73 Å². The molecule has 84 valence electrons. The van der Waals surface area contributed by atoms with Crippen molar-refractivity contribution in [2.45, 2.75) is 31.4 Å². The molecule has 15 heavy (non-hydrogen) atoms. The highest BCUT2D eigenvalue weighted by atomic mass is 16.5. The van der Waals surface area contributed by atoms with Gasteiger partial charge in [-0.25, -0.2) is 0 Å². The number of ether oxygens (including phenoxy) is 1. The lowest BCUT2D eigenvalue weighted by Gasteiger charge is -2.04. The lowest BCUT2D eigenvalue weighted by molar-refractivity contribution is 0.109. The summed E-state index contributed by atoms with van der Waals surface area (Å²) >= 11 is 0. The molecule has 0 aliphatic carbocycles. The van der Waals surface area contributed by atoms with Gasteiger partial charge in [0.05, 0.1) is 12.7 Å². The molecule has 1 aliphatic heterocycles. The molecule has 0 radical (unpaired) electrons. The van der Waals surface area contributed by atoms with Crippen LogP contribution in [0.2, 0.25) is 0 Å². The van der Waals surface area contributed by atoms with E-state index in [2.05, 4.69) is 10.1 Å². The Morgan fingerprint density at radius 2 is 2.47 bits per heavy atom. The van der Waals surface area contributed by atoms with Crippen molar-refractivity contribution in [3.63, 3.8) is 0 Å². The van der Waals surface area contributed by atoms with Crippen molar-refractivity contribution < 1.29 is 14.4 Å². The fourth-order valence-electron chi connectivity index (χ4n) is 1.59. The van der Waals surface area contributed by atoms with E-state index in [9.17, 15) is 0 Å². The number of aromatic nitrogens is 2. The quantitative estimate of drug-likeness (QED) is 0.718. The Balaban J connectivity index is 1.94. The number of rotatable bonds is 4. The average molecular weight is 213 g/mol. The SMILES string of the molecule is NC(CO)c1nc(CC2CCCO2)no1. The van der Waals surface area contributed by atoms with Crippen LogP contribution in [-0.2, 0) is 11.2 Å². The minimum atomic E-state index is -0.587. The molecule has 0 spiro atoms. The van der Waals surface area contributed by atoms with Crippen LogP contribution in [0, 0.1) is 0 Å². The van der Waals surface area contributed by atoms with Gasteiger partial charge in [0.2, 0.25) is 5.89 Å². The first-order valence-electron chi connectivity index (χ1n) is 5.10. The summed E-state index contributed by atoms with van der Waals surface area (Å²) in [6.07, 6.45) is 2.98. The van der Waals surface area contributed by atoms with Crippen LogP contribution in [0.4, 0.5) is 0 Å². The van der Waals surface area contributed by atoms with Gasteiger partial charge in [-0.3, -0.25) is 0 Å². The molecule has 1 aliphatic rings. The van der Waals surface area contributed by atoms with Gasteiger partial charge in [0.1, 0.15) is 6.04 Å². The molecule has 2 heterocycles. The van der Waals surface area contributed by atoms with E-state index in [1.54, 1.807) is 0 Å². The topological polar surface area (TPSA) is 94.4 Å². The van der Waals surface area contributed by atoms with Crippen LogP contribution in [0.3, 0.4) is 0 Å². The summed E-state index contributed by atoms with van der Waals surface area (Å²) in [7, 11) is 0. The first-order chi connectivity index (χ1) is 7.29. The van der Waals surface area contributed by atoms with Gasteiger partial charge >= 0.3 is 0 Å². The molecule has 2 rings (SSSR count). The Kier molecular flexibility index (Phi) is 3.30. The molecule has 0 bridgehead atoms. The molecule has 1 fully saturated rings. The van der Waals surface area contributed by atoms with Gasteiger partial charge < -0.3 is 20.1 Å². The standard InChI is InChI=1S/C9H15N3O3/c10-7(5-13)9-11-8(12-15-9)4-6-2-1-3-14-6/h6-7,13H,1-5,10H2. The predicted molar refractivity (Wildman–Crippen MR) is 51.0 cm³/mol. The minimum Gasteiger partial charge on any atom is -0.394 e. The molecular formula is C9H15N3O3. The second-order valence-electron chi connectivity index (χ2n) is 3.68. The maximum Gasteiger partial charge on any atom is 0.245 e. The second kappa shape index (κ2) is 4.69. The Labute approximate surface area is 87.4 Å². The van der Waals surface area contributed by atoms with Crippen molar-refractivity contribution in [1.82, 2.24) is 10.1 Å². The fourth-order valence-corrected chi connectivity index (χ4v) is 1.59. The smallest absolute Gasteiger partial charge is 0.245 e.